The van der Waals surface area contributed by atoms with Crippen LogP contribution in [0.3, 0.4) is 0 Å². The summed E-state index contributed by atoms with van der Waals surface area (Å²) >= 11 is 0. The van der Waals surface area contributed by atoms with E-state index in [2.05, 4.69) is 31.3 Å². The van der Waals surface area contributed by atoms with Gasteiger partial charge in [-0.1, -0.05) is 45.0 Å². The van der Waals surface area contributed by atoms with E-state index in [9.17, 15) is 9.59 Å². The van der Waals surface area contributed by atoms with Gasteiger partial charge >= 0.3 is 0 Å². The Morgan fingerprint density at radius 1 is 0.923 bits per heavy atom. The third-order valence-electron chi connectivity index (χ3n) is 4.35. The van der Waals surface area contributed by atoms with E-state index in [-0.39, 0.29) is 24.3 Å². The average molecular weight is 353 g/mol. The maximum Gasteiger partial charge on any atom is 0.258 e. The molecule has 26 heavy (non-hydrogen) atoms. The van der Waals surface area contributed by atoms with Crippen LogP contribution in [-0.4, -0.2) is 18.3 Å². The Morgan fingerprint density at radius 2 is 1.50 bits per heavy atom. The molecule has 0 aliphatic rings. The normalized spacial score (nSPS) is 11.9. The van der Waals surface area contributed by atoms with Gasteiger partial charge in [-0.05, 0) is 48.2 Å². The molecule has 138 valence electrons. The molecule has 0 aliphatic heterocycles. The summed E-state index contributed by atoms with van der Waals surface area (Å²) in [5.41, 5.74) is 2.99. The van der Waals surface area contributed by atoms with Gasteiger partial charge in [0.2, 0.25) is 0 Å². The smallest absolute Gasteiger partial charge is 0.258 e. The maximum atomic E-state index is 12.1. The fourth-order valence-corrected chi connectivity index (χ4v) is 2.63. The number of ketones is 1. The first kappa shape index (κ1) is 19.7. The first-order valence-electron chi connectivity index (χ1n) is 9.06. The monoisotopic (exact) mass is 353 g/mol. The number of nitrogens with one attached hydrogen (secondary N) is 1. The average Bonchev–Trinajstić information content (AvgIpc) is 2.66. The third kappa shape index (κ3) is 5.45. The number of ether oxygens (including phenoxy) is 1. The molecule has 0 aromatic heterocycles. The minimum atomic E-state index is -0.181. The van der Waals surface area contributed by atoms with E-state index in [1.807, 2.05) is 26.0 Å². The van der Waals surface area contributed by atoms with Crippen molar-refractivity contribution in [1.82, 2.24) is 5.32 Å². The standard InChI is InChI=1S/C22H27NO3/c1-5-21(24)19-10-12-20(13-11-19)26-14-22(25)23-16(4)18-8-6-17(7-9-18)15(2)3/h6-13,15-16H,5,14H2,1-4H3,(H,23,25). The molecule has 2 rings (SSSR count). The van der Waals surface area contributed by atoms with E-state index in [1.165, 1.54) is 5.56 Å². The number of amides is 1. The zero-order valence-electron chi connectivity index (χ0n) is 15.9. The van der Waals surface area contributed by atoms with Gasteiger partial charge in [0.25, 0.3) is 5.91 Å². The van der Waals surface area contributed by atoms with Crippen LogP contribution in [-0.2, 0) is 4.79 Å². The molecule has 4 nitrogen and oxygen atoms in total. The van der Waals surface area contributed by atoms with Gasteiger partial charge in [0.05, 0.1) is 6.04 Å². The molecule has 0 saturated carbocycles. The summed E-state index contributed by atoms with van der Waals surface area (Å²) in [4.78, 5) is 23.7. The van der Waals surface area contributed by atoms with Crippen LogP contribution in [0.15, 0.2) is 48.5 Å². The number of Topliss-reactive ketones (excluding diaryl/α,β-unsaturated/α-hetero) is 1. The summed E-state index contributed by atoms with van der Waals surface area (Å²) in [6, 6.07) is 15.1. The molecule has 4 heteroatoms. The molecule has 0 spiro atoms. The molecular weight excluding hydrogens is 326 g/mol. The van der Waals surface area contributed by atoms with Crippen LogP contribution in [0, 0.1) is 0 Å². The second kappa shape index (κ2) is 9.18. The Bertz CT molecular complexity index is 733. The van der Waals surface area contributed by atoms with E-state index in [1.54, 1.807) is 24.3 Å². The lowest BCUT2D eigenvalue weighted by molar-refractivity contribution is -0.123. The highest BCUT2D eigenvalue weighted by molar-refractivity contribution is 5.95. The lowest BCUT2D eigenvalue weighted by Crippen LogP contribution is -2.31. The second-order valence-corrected chi connectivity index (χ2v) is 6.70. The van der Waals surface area contributed by atoms with Gasteiger partial charge in [0.1, 0.15) is 5.75 Å². The van der Waals surface area contributed by atoms with Crippen molar-refractivity contribution < 1.29 is 14.3 Å². The van der Waals surface area contributed by atoms with Crippen LogP contribution < -0.4 is 10.1 Å². The van der Waals surface area contributed by atoms with Crippen molar-refractivity contribution in [1.29, 1.82) is 0 Å². The Balaban J connectivity index is 1.85. The van der Waals surface area contributed by atoms with Crippen molar-refractivity contribution in [2.75, 3.05) is 6.61 Å². The molecule has 0 saturated heterocycles. The predicted molar refractivity (Wildman–Crippen MR) is 104 cm³/mol. The Kier molecular flexibility index (Phi) is 6.96. The van der Waals surface area contributed by atoms with Gasteiger partial charge in [-0.3, -0.25) is 9.59 Å². The topological polar surface area (TPSA) is 55.4 Å². The van der Waals surface area contributed by atoms with Crippen molar-refractivity contribution in [3.05, 3.63) is 65.2 Å². The third-order valence-corrected chi connectivity index (χ3v) is 4.35. The number of rotatable bonds is 8. The zero-order valence-corrected chi connectivity index (χ0v) is 15.9. The zero-order chi connectivity index (χ0) is 19.1. The number of hydrogen-bond donors (Lipinski definition) is 1. The van der Waals surface area contributed by atoms with E-state index in [4.69, 9.17) is 4.74 Å². The van der Waals surface area contributed by atoms with Gasteiger partial charge in [0, 0.05) is 12.0 Å². The molecule has 0 fully saturated rings. The van der Waals surface area contributed by atoms with Crippen LogP contribution >= 0.6 is 0 Å². The predicted octanol–water partition coefficient (Wildman–Crippen LogP) is 4.66. The van der Waals surface area contributed by atoms with Crippen LogP contribution in [0.5, 0.6) is 5.75 Å². The Labute approximate surface area is 155 Å². The number of hydrogen-bond acceptors (Lipinski definition) is 3. The SMILES string of the molecule is CCC(=O)c1ccc(OCC(=O)NC(C)c2ccc(C(C)C)cc2)cc1. The van der Waals surface area contributed by atoms with Crippen molar-refractivity contribution in [3.8, 4) is 5.75 Å². The van der Waals surface area contributed by atoms with Gasteiger partial charge in [0.15, 0.2) is 12.4 Å². The first-order valence-corrected chi connectivity index (χ1v) is 9.06. The van der Waals surface area contributed by atoms with Gasteiger partial charge in [-0.2, -0.15) is 0 Å². The van der Waals surface area contributed by atoms with Crippen molar-refractivity contribution in [2.24, 2.45) is 0 Å². The fourth-order valence-electron chi connectivity index (χ4n) is 2.63. The van der Waals surface area contributed by atoms with Gasteiger partial charge in [-0.25, -0.2) is 0 Å². The molecular formula is C22H27NO3. The van der Waals surface area contributed by atoms with Crippen LogP contribution in [0.1, 0.15) is 67.6 Å². The molecule has 0 aliphatic carbocycles. The molecule has 2 aromatic carbocycles. The van der Waals surface area contributed by atoms with E-state index in [0.29, 0.717) is 23.7 Å². The molecule has 1 N–H and O–H groups in total. The summed E-state index contributed by atoms with van der Waals surface area (Å²) in [7, 11) is 0. The van der Waals surface area contributed by atoms with Crippen molar-refractivity contribution in [2.45, 2.75) is 46.1 Å². The van der Waals surface area contributed by atoms with Gasteiger partial charge < -0.3 is 10.1 Å². The summed E-state index contributed by atoms with van der Waals surface area (Å²) in [6.07, 6.45) is 0.471. The Hall–Kier alpha value is -2.62. The van der Waals surface area contributed by atoms with Crippen molar-refractivity contribution >= 4 is 11.7 Å². The molecule has 1 atom stereocenters. The number of benzene rings is 2. The summed E-state index contributed by atoms with van der Waals surface area (Å²) in [6.45, 7) is 8.03. The summed E-state index contributed by atoms with van der Waals surface area (Å²) in [5, 5.41) is 2.94. The van der Waals surface area contributed by atoms with Crippen LogP contribution in [0.25, 0.3) is 0 Å². The summed E-state index contributed by atoms with van der Waals surface area (Å²) in [5.74, 6) is 0.967. The fraction of sp³-hybridized carbons (Fsp3) is 0.364. The first-order chi connectivity index (χ1) is 12.4. The largest absolute Gasteiger partial charge is 0.484 e. The highest BCUT2D eigenvalue weighted by atomic mass is 16.5. The van der Waals surface area contributed by atoms with E-state index >= 15 is 0 Å². The quantitative estimate of drug-likeness (QED) is 0.702. The minimum absolute atomic E-state index is 0.0600. The minimum Gasteiger partial charge on any atom is -0.484 e. The molecule has 0 bridgehead atoms. The van der Waals surface area contributed by atoms with E-state index < -0.39 is 0 Å². The molecule has 0 heterocycles. The lowest BCUT2D eigenvalue weighted by atomic mass is 9.99. The Morgan fingerprint density at radius 3 is 2.04 bits per heavy atom. The van der Waals surface area contributed by atoms with Crippen LogP contribution in [0.4, 0.5) is 0 Å². The van der Waals surface area contributed by atoms with Crippen molar-refractivity contribution in [3.63, 3.8) is 0 Å². The van der Waals surface area contributed by atoms with Gasteiger partial charge in [-0.15, -0.1) is 0 Å². The van der Waals surface area contributed by atoms with E-state index in [0.717, 1.165) is 5.56 Å². The number of carbonyl (C=O) groups excluding carboxylic acids is 2. The molecule has 0 radical (unpaired) electrons. The molecule has 2 aromatic rings. The lowest BCUT2D eigenvalue weighted by Gasteiger charge is -2.16. The summed E-state index contributed by atoms with van der Waals surface area (Å²) < 4.78 is 5.50. The highest BCUT2D eigenvalue weighted by Crippen LogP contribution is 2.18. The molecule has 1 amide bonds. The highest BCUT2D eigenvalue weighted by Gasteiger charge is 2.11. The van der Waals surface area contributed by atoms with Crippen LogP contribution in [0.2, 0.25) is 0 Å². The second-order valence-electron chi connectivity index (χ2n) is 6.70. The molecule has 1 unspecified atom stereocenters. The maximum absolute atomic E-state index is 12.1. The number of carbonyl (C=O) groups is 2.